The van der Waals surface area contributed by atoms with Crippen molar-refractivity contribution in [2.45, 2.75) is 148 Å². The monoisotopic (exact) mass is 360 g/mol. The van der Waals surface area contributed by atoms with Crippen LogP contribution in [0.3, 0.4) is 0 Å². The molecule has 0 bridgehead atoms. The summed E-state index contributed by atoms with van der Waals surface area (Å²) < 4.78 is 23.9. The van der Waals surface area contributed by atoms with Crippen LogP contribution < -0.4 is 0 Å². The number of halogens is 2. The zero-order valence-electron chi connectivity index (χ0n) is 17.2. The molecule has 0 radical (unpaired) electrons. The molecule has 0 aliphatic heterocycles. The molecule has 0 nitrogen and oxygen atoms in total. The molecule has 0 aliphatic carbocycles. The van der Waals surface area contributed by atoms with Crippen molar-refractivity contribution >= 4 is 0 Å². The highest BCUT2D eigenvalue weighted by Gasteiger charge is 2.00. The zero-order chi connectivity index (χ0) is 18.4. The summed E-state index contributed by atoms with van der Waals surface area (Å²) in [6.45, 7) is 2.28. The largest absolute Gasteiger partial charge is 0.238 e. The van der Waals surface area contributed by atoms with Crippen LogP contribution in [0.1, 0.15) is 142 Å². The van der Waals surface area contributed by atoms with Crippen LogP contribution in [0.25, 0.3) is 0 Å². The summed E-state index contributed by atoms with van der Waals surface area (Å²) in [6.07, 6.45) is 24.6. The van der Waals surface area contributed by atoms with Gasteiger partial charge in [-0.3, -0.25) is 0 Å². The van der Waals surface area contributed by atoms with Crippen LogP contribution in [0.5, 0.6) is 0 Å². The number of unbranched alkanes of at least 4 members (excludes halogenated alkanes) is 19. The van der Waals surface area contributed by atoms with E-state index < -0.39 is 6.43 Å². The van der Waals surface area contributed by atoms with Gasteiger partial charge < -0.3 is 0 Å². The van der Waals surface area contributed by atoms with Gasteiger partial charge >= 0.3 is 0 Å². The van der Waals surface area contributed by atoms with E-state index in [1.165, 1.54) is 109 Å². The van der Waals surface area contributed by atoms with E-state index in [0.717, 1.165) is 12.8 Å². The average molecular weight is 361 g/mol. The molecule has 0 rings (SSSR count). The van der Waals surface area contributed by atoms with Crippen molar-refractivity contribution in [3.05, 3.63) is 0 Å². The van der Waals surface area contributed by atoms with Crippen molar-refractivity contribution in [3.63, 3.8) is 0 Å². The van der Waals surface area contributed by atoms with E-state index in [9.17, 15) is 8.78 Å². The van der Waals surface area contributed by atoms with E-state index in [1.54, 1.807) is 0 Å². The lowest BCUT2D eigenvalue weighted by Gasteiger charge is -2.04. The van der Waals surface area contributed by atoms with Crippen LogP contribution in [0.2, 0.25) is 0 Å². The fourth-order valence-electron chi connectivity index (χ4n) is 3.55. The normalized spacial score (nSPS) is 11.5. The molecule has 0 atom stereocenters. The van der Waals surface area contributed by atoms with Crippen molar-refractivity contribution in [3.8, 4) is 0 Å². The quantitative estimate of drug-likeness (QED) is 0.179. The highest BCUT2D eigenvalue weighted by molar-refractivity contribution is 4.51. The van der Waals surface area contributed by atoms with E-state index in [1.807, 2.05) is 0 Å². The van der Waals surface area contributed by atoms with Crippen molar-refractivity contribution in [1.29, 1.82) is 0 Å². The summed E-state index contributed by atoms with van der Waals surface area (Å²) >= 11 is 0. The summed E-state index contributed by atoms with van der Waals surface area (Å²) in [7, 11) is 0. The minimum absolute atomic E-state index is 0.0962. The first kappa shape index (κ1) is 24.9. The standard InChI is InChI=1S/C23H46F2/c1-2-3-4-5-6-7-8-9-10-11-12-13-14-15-16-17-18-19-20-21-22-23(24)25/h23H,2-22H2,1H3. The molecular formula is C23H46F2. The van der Waals surface area contributed by atoms with Crippen molar-refractivity contribution in [2.24, 2.45) is 0 Å². The number of hydrogen-bond donors (Lipinski definition) is 0. The number of alkyl halides is 2. The molecule has 0 aromatic rings. The molecule has 0 aromatic carbocycles. The Kier molecular flexibility index (Phi) is 21.8. The second-order valence-electron chi connectivity index (χ2n) is 7.90. The van der Waals surface area contributed by atoms with E-state index >= 15 is 0 Å². The summed E-state index contributed by atoms with van der Waals surface area (Å²) in [6, 6.07) is 0. The van der Waals surface area contributed by atoms with Crippen LogP contribution in [-0.4, -0.2) is 6.43 Å². The van der Waals surface area contributed by atoms with Gasteiger partial charge in [-0.05, 0) is 6.42 Å². The van der Waals surface area contributed by atoms with Gasteiger partial charge in [0.2, 0.25) is 6.43 Å². The topological polar surface area (TPSA) is 0 Å². The van der Waals surface area contributed by atoms with Gasteiger partial charge in [0.1, 0.15) is 0 Å². The number of hydrogen-bond acceptors (Lipinski definition) is 0. The van der Waals surface area contributed by atoms with Crippen LogP contribution in [0.15, 0.2) is 0 Å². The summed E-state index contributed by atoms with van der Waals surface area (Å²) in [5, 5.41) is 0. The highest BCUT2D eigenvalue weighted by Crippen LogP contribution is 2.15. The second-order valence-corrected chi connectivity index (χ2v) is 7.90. The number of rotatable bonds is 21. The molecule has 25 heavy (non-hydrogen) atoms. The highest BCUT2D eigenvalue weighted by atomic mass is 19.3. The minimum Gasteiger partial charge on any atom is -0.211 e. The lowest BCUT2D eigenvalue weighted by molar-refractivity contribution is 0.133. The van der Waals surface area contributed by atoms with Crippen molar-refractivity contribution in [1.82, 2.24) is 0 Å². The summed E-state index contributed by atoms with van der Waals surface area (Å²) in [5.41, 5.74) is 0. The summed E-state index contributed by atoms with van der Waals surface area (Å²) in [5.74, 6) is 0. The molecule has 0 saturated carbocycles. The molecule has 2 heteroatoms. The maximum absolute atomic E-state index is 12.0. The Hall–Kier alpha value is -0.140. The predicted octanol–water partition coefficient (Wildman–Crippen LogP) is 9.46. The molecule has 0 saturated heterocycles. The summed E-state index contributed by atoms with van der Waals surface area (Å²) in [4.78, 5) is 0. The second kappa shape index (κ2) is 21.9. The van der Waals surface area contributed by atoms with Gasteiger partial charge in [-0.15, -0.1) is 0 Å². The molecule has 0 aromatic heterocycles. The Bertz CT molecular complexity index is 228. The van der Waals surface area contributed by atoms with Crippen molar-refractivity contribution < 1.29 is 8.78 Å². The lowest BCUT2D eigenvalue weighted by atomic mass is 10.0. The van der Waals surface area contributed by atoms with Gasteiger partial charge in [-0.25, -0.2) is 8.78 Å². The van der Waals surface area contributed by atoms with Crippen LogP contribution in [0.4, 0.5) is 8.78 Å². The smallest absolute Gasteiger partial charge is 0.211 e. The third-order valence-corrected chi connectivity index (χ3v) is 5.28. The van der Waals surface area contributed by atoms with Crippen LogP contribution >= 0.6 is 0 Å². The van der Waals surface area contributed by atoms with Gasteiger partial charge in [0, 0.05) is 6.42 Å². The molecule has 0 heterocycles. The molecular weight excluding hydrogens is 314 g/mol. The molecule has 0 N–H and O–H groups in total. The Morgan fingerprint density at radius 3 is 0.880 bits per heavy atom. The average Bonchev–Trinajstić information content (AvgIpc) is 2.60. The molecule has 0 amide bonds. The van der Waals surface area contributed by atoms with Crippen LogP contribution in [-0.2, 0) is 0 Å². The Balaban J connectivity index is 2.96. The van der Waals surface area contributed by atoms with Gasteiger partial charge in [0.05, 0.1) is 0 Å². The SMILES string of the molecule is CCCCCCCCCCCCCCCCCCCCCCC(F)F. The molecule has 0 unspecified atom stereocenters. The predicted molar refractivity (Wildman–Crippen MR) is 109 cm³/mol. The Morgan fingerprint density at radius 2 is 0.640 bits per heavy atom. The van der Waals surface area contributed by atoms with E-state index in [0.29, 0.717) is 6.42 Å². The van der Waals surface area contributed by atoms with E-state index in [2.05, 4.69) is 6.92 Å². The maximum Gasteiger partial charge on any atom is 0.238 e. The maximum atomic E-state index is 12.0. The zero-order valence-corrected chi connectivity index (χ0v) is 17.2. The van der Waals surface area contributed by atoms with Gasteiger partial charge in [0.15, 0.2) is 0 Å². The fourth-order valence-corrected chi connectivity index (χ4v) is 3.55. The van der Waals surface area contributed by atoms with Crippen molar-refractivity contribution in [2.75, 3.05) is 0 Å². The third kappa shape index (κ3) is 23.9. The first-order chi connectivity index (χ1) is 12.3. The molecule has 0 aliphatic rings. The van der Waals surface area contributed by atoms with Crippen LogP contribution in [0, 0.1) is 0 Å². The van der Waals surface area contributed by atoms with E-state index in [-0.39, 0.29) is 6.42 Å². The molecule has 0 fully saturated rings. The third-order valence-electron chi connectivity index (χ3n) is 5.28. The Labute approximate surface area is 157 Å². The first-order valence-electron chi connectivity index (χ1n) is 11.6. The van der Waals surface area contributed by atoms with Gasteiger partial charge in [-0.1, -0.05) is 129 Å². The Morgan fingerprint density at radius 1 is 0.400 bits per heavy atom. The lowest BCUT2D eigenvalue weighted by Crippen LogP contribution is -1.89. The fraction of sp³-hybridized carbons (Fsp3) is 1.00. The minimum atomic E-state index is -2.10. The van der Waals surface area contributed by atoms with Gasteiger partial charge in [-0.2, -0.15) is 0 Å². The van der Waals surface area contributed by atoms with Gasteiger partial charge in [0.25, 0.3) is 0 Å². The molecule has 152 valence electrons. The van der Waals surface area contributed by atoms with E-state index in [4.69, 9.17) is 0 Å². The molecule has 0 spiro atoms. The first-order valence-corrected chi connectivity index (χ1v) is 11.6.